The summed E-state index contributed by atoms with van der Waals surface area (Å²) in [5.41, 5.74) is 2.61. The maximum absolute atomic E-state index is 12.3. The van der Waals surface area contributed by atoms with Gasteiger partial charge in [0.15, 0.2) is 0 Å². The molecule has 5 heteroatoms. The maximum Gasteiger partial charge on any atom is 0.317 e. The zero-order valence-electron chi connectivity index (χ0n) is 16.1. The van der Waals surface area contributed by atoms with Gasteiger partial charge in [-0.05, 0) is 29.7 Å². The molecule has 2 amide bonds. The first-order chi connectivity index (χ1) is 13.2. The predicted octanol–water partition coefficient (Wildman–Crippen LogP) is 3.16. The number of benzene rings is 2. The molecule has 0 saturated carbocycles. The van der Waals surface area contributed by atoms with E-state index in [0.717, 1.165) is 44.9 Å². The minimum absolute atomic E-state index is 0.000656. The van der Waals surface area contributed by atoms with Crippen LogP contribution in [0.2, 0.25) is 0 Å². The number of carbonyl (C=O) groups is 1. The van der Waals surface area contributed by atoms with Crippen molar-refractivity contribution in [3.8, 4) is 5.75 Å². The summed E-state index contributed by atoms with van der Waals surface area (Å²) in [7, 11) is 0. The average Bonchev–Trinajstić information content (AvgIpc) is 2.73. The number of hydrogen-bond acceptors (Lipinski definition) is 3. The second kappa shape index (κ2) is 9.97. The van der Waals surface area contributed by atoms with Gasteiger partial charge in [-0.2, -0.15) is 0 Å². The molecule has 2 aromatic rings. The first-order valence-corrected chi connectivity index (χ1v) is 9.75. The molecule has 0 bridgehead atoms. The van der Waals surface area contributed by atoms with Crippen LogP contribution >= 0.6 is 0 Å². The highest BCUT2D eigenvalue weighted by Crippen LogP contribution is 2.12. The van der Waals surface area contributed by atoms with Crippen molar-refractivity contribution >= 4 is 6.03 Å². The van der Waals surface area contributed by atoms with Crippen LogP contribution in [-0.4, -0.2) is 55.2 Å². The van der Waals surface area contributed by atoms with E-state index in [4.69, 9.17) is 4.74 Å². The van der Waals surface area contributed by atoms with Crippen LogP contribution in [0.1, 0.15) is 18.1 Å². The number of amides is 2. The summed E-state index contributed by atoms with van der Waals surface area (Å²) in [5.74, 6) is 0.843. The van der Waals surface area contributed by atoms with E-state index in [-0.39, 0.29) is 6.03 Å². The van der Waals surface area contributed by atoms with Gasteiger partial charge in [0, 0.05) is 32.7 Å². The molecule has 0 spiro atoms. The largest absolute Gasteiger partial charge is 0.492 e. The zero-order valence-corrected chi connectivity index (χ0v) is 16.1. The highest BCUT2D eigenvalue weighted by Gasteiger charge is 2.20. The molecule has 1 N–H and O–H groups in total. The van der Waals surface area contributed by atoms with Gasteiger partial charge >= 0.3 is 6.03 Å². The number of rotatable bonds is 7. The molecule has 1 aliphatic heterocycles. The van der Waals surface area contributed by atoms with Crippen LogP contribution in [0.15, 0.2) is 54.6 Å². The van der Waals surface area contributed by atoms with Gasteiger partial charge in [-0.15, -0.1) is 0 Å². The maximum atomic E-state index is 12.3. The molecular formula is C22H29N3O2. The monoisotopic (exact) mass is 367 g/mol. The third kappa shape index (κ3) is 6.00. The van der Waals surface area contributed by atoms with Gasteiger partial charge in [0.1, 0.15) is 12.4 Å². The topological polar surface area (TPSA) is 44.8 Å². The van der Waals surface area contributed by atoms with Crippen LogP contribution < -0.4 is 10.1 Å². The Kier molecular flexibility index (Phi) is 7.11. The summed E-state index contributed by atoms with van der Waals surface area (Å²) in [6, 6.07) is 18.6. The summed E-state index contributed by atoms with van der Waals surface area (Å²) in [6.45, 7) is 7.40. The van der Waals surface area contributed by atoms with Crippen molar-refractivity contribution in [1.82, 2.24) is 15.1 Å². The lowest BCUT2D eigenvalue weighted by atomic mass is 10.2. The van der Waals surface area contributed by atoms with Crippen molar-refractivity contribution in [2.24, 2.45) is 0 Å². The van der Waals surface area contributed by atoms with Gasteiger partial charge in [-0.1, -0.05) is 49.4 Å². The molecular weight excluding hydrogens is 338 g/mol. The Morgan fingerprint density at radius 3 is 2.33 bits per heavy atom. The van der Waals surface area contributed by atoms with Crippen LogP contribution in [-0.2, 0) is 13.0 Å². The Hall–Kier alpha value is -2.53. The van der Waals surface area contributed by atoms with E-state index in [1.807, 2.05) is 23.1 Å². The highest BCUT2D eigenvalue weighted by atomic mass is 16.5. The minimum atomic E-state index is -0.000656. The molecule has 5 nitrogen and oxygen atoms in total. The highest BCUT2D eigenvalue weighted by molar-refractivity contribution is 5.74. The van der Waals surface area contributed by atoms with Crippen molar-refractivity contribution in [1.29, 1.82) is 0 Å². The molecule has 1 heterocycles. The fourth-order valence-electron chi connectivity index (χ4n) is 3.21. The van der Waals surface area contributed by atoms with Gasteiger partial charge in [-0.3, -0.25) is 4.90 Å². The van der Waals surface area contributed by atoms with E-state index >= 15 is 0 Å². The standard InChI is InChI=1S/C22H29N3O2/c1-2-19-8-10-21(11-9-19)27-17-12-23-22(26)25-15-13-24(14-16-25)18-20-6-4-3-5-7-20/h3-11H,2,12-18H2,1H3,(H,23,26). The molecule has 1 fully saturated rings. The first kappa shape index (κ1) is 19.2. The molecule has 3 rings (SSSR count). The Bertz CT molecular complexity index is 695. The average molecular weight is 367 g/mol. The number of piperazine rings is 1. The van der Waals surface area contributed by atoms with E-state index in [9.17, 15) is 4.79 Å². The van der Waals surface area contributed by atoms with Gasteiger partial charge < -0.3 is 15.0 Å². The number of nitrogens with zero attached hydrogens (tertiary/aromatic N) is 2. The van der Waals surface area contributed by atoms with Crippen LogP contribution in [0.3, 0.4) is 0 Å². The van der Waals surface area contributed by atoms with Gasteiger partial charge in [0.25, 0.3) is 0 Å². The number of aryl methyl sites for hydroxylation is 1. The molecule has 0 unspecified atom stereocenters. The van der Waals surface area contributed by atoms with Crippen molar-refractivity contribution < 1.29 is 9.53 Å². The fourth-order valence-corrected chi connectivity index (χ4v) is 3.21. The van der Waals surface area contributed by atoms with Gasteiger partial charge in [0.05, 0.1) is 6.54 Å². The normalized spacial score (nSPS) is 14.8. The summed E-state index contributed by atoms with van der Waals surface area (Å²) in [5, 5.41) is 2.95. The smallest absolute Gasteiger partial charge is 0.317 e. The molecule has 1 aliphatic rings. The fraction of sp³-hybridized carbons (Fsp3) is 0.409. The van der Waals surface area contributed by atoms with Crippen LogP contribution in [0.5, 0.6) is 5.75 Å². The van der Waals surface area contributed by atoms with E-state index in [0.29, 0.717) is 13.2 Å². The molecule has 0 aliphatic carbocycles. The number of nitrogens with one attached hydrogen (secondary N) is 1. The number of urea groups is 1. The SMILES string of the molecule is CCc1ccc(OCCNC(=O)N2CCN(Cc3ccccc3)CC2)cc1. The van der Waals surface area contributed by atoms with E-state index < -0.39 is 0 Å². The van der Waals surface area contributed by atoms with Crippen LogP contribution in [0.25, 0.3) is 0 Å². The Labute approximate surface area is 161 Å². The number of ether oxygens (including phenoxy) is 1. The summed E-state index contributed by atoms with van der Waals surface area (Å²) in [6.07, 6.45) is 1.02. The van der Waals surface area contributed by atoms with Crippen molar-refractivity contribution in [3.05, 3.63) is 65.7 Å². The second-order valence-electron chi connectivity index (χ2n) is 6.83. The van der Waals surface area contributed by atoms with Gasteiger partial charge in [-0.25, -0.2) is 4.79 Å². The number of carbonyl (C=O) groups excluding carboxylic acids is 1. The Morgan fingerprint density at radius 1 is 0.963 bits per heavy atom. The minimum Gasteiger partial charge on any atom is -0.492 e. The van der Waals surface area contributed by atoms with Crippen molar-refractivity contribution in [3.63, 3.8) is 0 Å². The summed E-state index contributed by atoms with van der Waals surface area (Å²) >= 11 is 0. The zero-order chi connectivity index (χ0) is 18.9. The Morgan fingerprint density at radius 2 is 1.67 bits per heavy atom. The second-order valence-corrected chi connectivity index (χ2v) is 6.83. The third-order valence-electron chi connectivity index (χ3n) is 4.89. The number of hydrogen-bond donors (Lipinski definition) is 1. The molecule has 144 valence electrons. The predicted molar refractivity (Wildman–Crippen MR) is 108 cm³/mol. The van der Waals surface area contributed by atoms with E-state index in [1.165, 1.54) is 11.1 Å². The quantitative estimate of drug-likeness (QED) is 0.765. The molecule has 2 aromatic carbocycles. The van der Waals surface area contributed by atoms with Crippen molar-refractivity contribution in [2.75, 3.05) is 39.3 Å². The molecule has 0 atom stereocenters. The molecule has 0 radical (unpaired) electrons. The molecule has 27 heavy (non-hydrogen) atoms. The van der Waals surface area contributed by atoms with Crippen molar-refractivity contribution in [2.45, 2.75) is 19.9 Å². The lowest BCUT2D eigenvalue weighted by Crippen LogP contribution is -2.51. The molecule has 0 aromatic heterocycles. The third-order valence-corrected chi connectivity index (χ3v) is 4.89. The molecule has 1 saturated heterocycles. The summed E-state index contributed by atoms with van der Waals surface area (Å²) in [4.78, 5) is 16.6. The van der Waals surface area contributed by atoms with Gasteiger partial charge in [0.2, 0.25) is 0 Å². The van der Waals surface area contributed by atoms with Crippen LogP contribution in [0, 0.1) is 0 Å². The Balaban J connectivity index is 1.32. The lowest BCUT2D eigenvalue weighted by Gasteiger charge is -2.34. The van der Waals surface area contributed by atoms with E-state index in [2.05, 4.69) is 53.5 Å². The van der Waals surface area contributed by atoms with E-state index in [1.54, 1.807) is 0 Å². The summed E-state index contributed by atoms with van der Waals surface area (Å²) < 4.78 is 5.69. The van der Waals surface area contributed by atoms with Crippen LogP contribution in [0.4, 0.5) is 4.79 Å². The first-order valence-electron chi connectivity index (χ1n) is 9.75. The lowest BCUT2D eigenvalue weighted by molar-refractivity contribution is 0.134.